The summed E-state index contributed by atoms with van der Waals surface area (Å²) in [6.07, 6.45) is 2.45. The molecule has 2 aromatic carbocycles. The van der Waals surface area contributed by atoms with E-state index in [-0.39, 0.29) is 22.6 Å². The minimum absolute atomic E-state index is 0.00833. The third-order valence-corrected chi connectivity index (χ3v) is 5.99. The molecule has 0 saturated carbocycles. The zero-order valence-electron chi connectivity index (χ0n) is 19.9. The van der Waals surface area contributed by atoms with Crippen molar-refractivity contribution in [2.45, 2.75) is 39.2 Å². The molecule has 0 aromatic heterocycles. The average Bonchev–Trinajstić information content (AvgIpc) is 3.10. The number of Topliss-reactive ketones (excluding diaryl/α,β-unsaturated/α-hetero) is 1. The number of carbonyl (C=O) groups is 2. The van der Waals surface area contributed by atoms with E-state index in [0.29, 0.717) is 35.2 Å². The Hall–Kier alpha value is -3.19. The Balaban J connectivity index is 2.17. The third kappa shape index (κ3) is 4.99. The number of rotatable bonds is 10. The van der Waals surface area contributed by atoms with E-state index < -0.39 is 17.7 Å². The predicted octanol–water partition coefficient (Wildman–Crippen LogP) is 5.37. The van der Waals surface area contributed by atoms with E-state index in [1.54, 1.807) is 12.1 Å². The molecule has 0 radical (unpaired) electrons. The first-order valence-corrected chi connectivity index (χ1v) is 11.7. The fraction of sp³-hybridized carbons (Fsp3) is 0.385. The molecule has 1 aliphatic heterocycles. The number of benzene rings is 2. The van der Waals surface area contributed by atoms with Crippen LogP contribution in [0.15, 0.2) is 42.0 Å². The van der Waals surface area contributed by atoms with Gasteiger partial charge in [0.2, 0.25) is 0 Å². The number of halogens is 1. The maximum Gasteiger partial charge on any atom is 0.295 e. The third-order valence-electron chi connectivity index (χ3n) is 5.69. The summed E-state index contributed by atoms with van der Waals surface area (Å²) in [5, 5.41) is 11.6. The molecule has 1 unspecified atom stereocenters. The van der Waals surface area contributed by atoms with E-state index >= 15 is 0 Å². The van der Waals surface area contributed by atoms with Crippen molar-refractivity contribution in [1.29, 1.82) is 0 Å². The molecule has 8 heteroatoms. The van der Waals surface area contributed by atoms with Gasteiger partial charge in [-0.25, -0.2) is 0 Å². The van der Waals surface area contributed by atoms with Gasteiger partial charge in [-0.3, -0.25) is 9.59 Å². The largest absolute Gasteiger partial charge is 0.507 e. The van der Waals surface area contributed by atoms with Crippen LogP contribution >= 0.6 is 11.6 Å². The number of nitrogens with zero attached hydrogens (tertiary/aromatic N) is 1. The van der Waals surface area contributed by atoms with Crippen molar-refractivity contribution in [3.63, 3.8) is 0 Å². The second kappa shape index (κ2) is 11.3. The van der Waals surface area contributed by atoms with Crippen molar-refractivity contribution in [3.05, 3.63) is 58.1 Å². The summed E-state index contributed by atoms with van der Waals surface area (Å²) in [4.78, 5) is 27.7. The predicted molar refractivity (Wildman–Crippen MR) is 131 cm³/mol. The summed E-state index contributed by atoms with van der Waals surface area (Å²) in [6, 6.07) is 9.47. The Labute approximate surface area is 204 Å². The number of aliphatic hydroxyl groups is 1. The number of hydrogen-bond donors (Lipinski definition) is 1. The van der Waals surface area contributed by atoms with Gasteiger partial charge >= 0.3 is 0 Å². The lowest BCUT2D eigenvalue weighted by Crippen LogP contribution is -2.30. The highest BCUT2D eigenvalue weighted by Gasteiger charge is 2.46. The number of amides is 1. The molecule has 182 valence electrons. The van der Waals surface area contributed by atoms with Gasteiger partial charge in [-0.05, 0) is 36.6 Å². The SMILES string of the molecule is CCCCN1C(=O)C(=O)/C(=C(/O)c2cc(OC)c(Cl)cc2OC)C1c1ccc(OCCC)cc1. The zero-order chi connectivity index (χ0) is 24.8. The lowest BCUT2D eigenvalue weighted by atomic mass is 9.94. The fourth-order valence-electron chi connectivity index (χ4n) is 3.94. The molecule has 34 heavy (non-hydrogen) atoms. The number of carbonyl (C=O) groups excluding carboxylic acids is 2. The Bertz CT molecular complexity index is 1080. The molecule has 3 rings (SSSR count). The highest BCUT2D eigenvalue weighted by molar-refractivity contribution is 6.46. The summed E-state index contributed by atoms with van der Waals surface area (Å²) in [5.74, 6) is -0.490. The van der Waals surface area contributed by atoms with Crippen LogP contribution in [0.4, 0.5) is 0 Å². The Morgan fingerprint density at radius 2 is 1.71 bits per heavy atom. The van der Waals surface area contributed by atoms with E-state index in [9.17, 15) is 14.7 Å². The van der Waals surface area contributed by atoms with E-state index in [1.165, 1.54) is 31.3 Å². The van der Waals surface area contributed by atoms with Gasteiger partial charge in [-0.15, -0.1) is 0 Å². The molecule has 1 N–H and O–H groups in total. The van der Waals surface area contributed by atoms with Crippen molar-refractivity contribution in [1.82, 2.24) is 4.90 Å². The van der Waals surface area contributed by atoms with Crippen molar-refractivity contribution in [2.75, 3.05) is 27.4 Å². The first-order valence-electron chi connectivity index (χ1n) is 11.3. The molecule has 1 heterocycles. The highest BCUT2D eigenvalue weighted by Crippen LogP contribution is 2.43. The van der Waals surface area contributed by atoms with Gasteiger partial charge in [-0.2, -0.15) is 0 Å². The van der Waals surface area contributed by atoms with E-state index in [1.807, 2.05) is 26.0 Å². The highest BCUT2D eigenvalue weighted by atomic mass is 35.5. The number of aliphatic hydroxyl groups excluding tert-OH is 1. The number of ether oxygens (including phenoxy) is 3. The fourth-order valence-corrected chi connectivity index (χ4v) is 4.17. The van der Waals surface area contributed by atoms with Gasteiger partial charge in [0.1, 0.15) is 23.0 Å². The lowest BCUT2D eigenvalue weighted by Gasteiger charge is -2.25. The summed E-state index contributed by atoms with van der Waals surface area (Å²) < 4.78 is 16.3. The molecule has 1 fully saturated rings. The Morgan fingerprint density at radius 3 is 2.29 bits per heavy atom. The van der Waals surface area contributed by atoms with Crippen LogP contribution in [-0.2, 0) is 9.59 Å². The smallest absolute Gasteiger partial charge is 0.295 e. The second-order valence-electron chi connectivity index (χ2n) is 7.95. The molecular formula is C26H30ClNO6. The summed E-state index contributed by atoms with van der Waals surface area (Å²) in [5.41, 5.74) is 0.900. The van der Waals surface area contributed by atoms with Crippen LogP contribution in [-0.4, -0.2) is 49.1 Å². The molecule has 1 atom stereocenters. The first kappa shape index (κ1) is 25.4. The zero-order valence-corrected chi connectivity index (χ0v) is 20.6. The minimum Gasteiger partial charge on any atom is -0.507 e. The van der Waals surface area contributed by atoms with Gasteiger partial charge in [0, 0.05) is 12.6 Å². The van der Waals surface area contributed by atoms with Crippen LogP contribution in [0, 0.1) is 0 Å². The molecular weight excluding hydrogens is 458 g/mol. The van der Waals surface area contributed by atoms with Crippen molar-refractivity contribution in [3.8, 4) is 17.2 Å². The molecule has 1 amide bonds. The van der Waals surface area contributed by atoms with E-state index in [2.05, 4.69) is 0 Å². The summed E-state index contributed by atoms with van der Waals surface area (Å²) in [6.45, 7) is 5.01. The molecule has 0 spiro atoms. The Kier molecular flexibility index (Phi) is 8.45. The van der Waals surface area contributed by atoms with Crippen LogP contribution in [0.2, 0.25) is 5.02 Å². The van der Waals surface area contributed by atoms with Gasteiger partial charge in [0.05, 0.1) is 43.0 Å². The molecule has 0 bridgehead atoms. The molecule has 7 nitrogen and oxygen atoms in total. The molecule has 2 aromatic rings. The number of hydrogen-bond acceptors (Lipinski definition) is 6. The number of likely N-dealkylation sites (tertiary alicyclic amines) is 1. The molecule has 1 aliphatic rings. The van der Waals surface area contributed by atoms with Crippen LogP contribution in [0.3, 0.4) is 0 Å². The van der Waals surface area contributed by atoms with Crippen LogP contribution < -0.4 is 14.2 Å². The number of methoxy groups -OCH3 is 2. The van der Waals surface area contributed by atoms with Crippen molar-refractivity contribution < 1.29 is 28.9 Å². The van der Waals surface area contributed by atoms with Crippen molar-refractivity contribution >= 4 is 29.1 Å². The maximum absolute atomic E-state index is 13.2. The standard InChI is InChI=1S/C26H30ClNO6/c1-5-7-12-28-23(16-8-10-17(11-9-16)34-13-6-2)22(25(30)26(28)31)24(29)18-14-21(33-4)19(27)15-20(18)32-3/h8-11,14-15,23,29H,5-7,12-13H2,1-4H3/b24-22+. The number of ketones is 1. The lowest BCUT2D eigenvalue weighted by molar-refractivity contribution is -0.139. The van der Waals surface area contributed by atoms with Crippen LogP contribution in [0.25, 0.3) is 5.76 Å². The van der Waals surface area contributed by atoms with E-state index in [4.69, 9.17) is 25.8 Å². The quantitative estimate of drug-likeness (QED) is 0.275. The van der Waals surface area contributed by atoms with Crippen molar-refractivity contribution in [2.24, 2.45) is 0 Å². The number of unbranched alkanes of at least 4 members (excludes halogenated alkanes) is 1. The van der Waals surface area contributed by atoms with Crippen LogP contribution in [0.1, 0.15) is 50.3 Å². The normalized spacial score (nSPS) is 17.2. The van der Waals surface area contributed by atoms with Gasteiger partial charge in [0.25, 0.3) is 11.7 Å². The topological polar surface area (TPSA) is 85.3 Å². The summed E-state index contributed by atoms with van der Waals surface area (Å²) >= 11 is 6.21. The molecule has 0 aliphatic carbocycles. The first-order chi connectivity index (χ1) is 16.4. The minimum atomic E-state index is -0.752. The van der Waals surface area contributed by atoms with Gasteiger partial charge in [0.15, 0.2) is 0 Å². The maximum atomic E-state index is 13.2. The van der Waals surface area contributed by atoms with Gasteiger partial charge in [-0.1, -0.05) is 44.0 Å². The van der Waals surface area contributed by atoms with E-state index in [0.717, 1.165) is 19.3 Å². The van der Waals surface area contributed by atoms with Crippen LogP contribution in [0.5, 0.6) is 17.2 Å². The Morgan fingerprint density at radius 1 is 1.03 bits per heavy atom. The summed E-state index contributed by atoms with van der Waals surface area (Å²) in [7, 11) is 2.88. The monoisotopic (exact) mass is 487 g/mol. The average molecular weight is 488 g/mol. The second-order valence-corrected chi connectivity index (χ2v) is 8.36. The molecule has 1 saturated heterocycles. The van der Waals surface area contributed by atoms with Gasteiger partial charge < -0.3 is 24.2 Å².